The van der Waals surface area contributed by atoms with Gasteiger partial charge in [-0.25, -0.2) is 0 Å². The maximum absolute atomic E-state index is 12.3. The zero-order valence-electron chi connectivity index (χ0n) is 13.1. The normalized spacial score (nSPS) is 13.3. The molecule has 0 saturated heterocycles. The third-order valence-corrected chi connectivity index (χ3v) is 4.65. The number of para-hydroxylation sites is 2. The van der Waals surface area contributed by atoms with Gasteiger partial charge in [-0.2, -0.15) is 5.10 Å². The van der Waals surface area contributed by atoms with Gasteiger partial charge in [0.25, 0.3) is 5.91 Å². The van der Waals surface area contributed by atoms with Crippen molar-refractivity contribution in [3.8, 4) is 16.3 Å². The number of aromatic nitrogens is 2. The van der Waals surface area contributed by atoms with Crippen LogP contribution >= 0.6 is 11.3 Å². The minimum absolute atomic E-state index is 0.0742. The summed E-state index contributed by atoms with van der Waals surface area (Å²) in [4.78, 5) is 26.9. The van der Waals surface area contributed by atoms with Crippen molar-refractivity contribution in [2.45, 2.75) is 0 Å². The predicted octanol–water partition coefficient (Wildman–Crippen LogP) is 2.50. The van der Waals surface area contributed by atoms with Gasteiger partial charge in [0, 0.05) is 6.07 Å². The molecule has 0 aliphatic carbocycles. The van der Waals surface area contributed by atoms with Gasteiger partial charge in [0.1, 0.15) is 12.3 Å². The maximum Gasteiger partial charge on any atom is 0.265 e. The van der Waals surface area contributed by atoms with Crippen LogP contribution in [-0.4, -0.2) is 35.2 Å². The number of amides is 2. The number of aromatic amines is 1. The Morgan fingerprint density at radius 2 is 2.20 bits per heavy atom. The summed E-state index contributed by atoms with van der Waals surface area (Å²) in [5, 5.41) is 11.7. The van der Waals surface area contributed by atoms with E-state index in [4.69, 9.17) is 4.74 Å². The molecule has 0 unspecified atom stereocenters. The Labute approximate surface area is 147 Å². The number of thiophene rings is 1. The van der Waals surface area contributed by atoms with Crippen molar-refractivity contribution < 1.29 is 14.3 Å². The van der Waals surface area contributed by atoms with Gasteiger partial charge in [-0.05, 0) is 23.6 Å². The summed E-state index contributed by atoms with van der Waals surface area (Å²) in [7, 11) is 0. The van der Waals surface area contributed by atoms with Crippen molar-refractivity contribution >= 4 is 34.7 Å². The van der Waals surface area contributed by atoms with Crippen molar-refractivity contribution in [2.75, 3.05) is 23.4 Å². The third-order valence-electron chi connectivity index (χ3n) is 3.74. The van der Waals surface area contributed by atoms with Gasteiger partial charge in [-0.15, -0.1) is 11.3 Å². The molecule has 8 heteroatoms. The first-order valence-electron chi connectivity index (χ1n) is 7.62. The number of H-pyrrole nitrogens is 1. The molecule has 2 amide bonds. The van der Waals surface area contributed by atoms with E-state index >= 15 is 0 Å². The number of fused-ring (bicyclic) bond motifs is 1. The second-order valence-electron chi connectivity index (χ2n) is 5.43. The highest BCUT2D eigenvalue weighted by atomic mass is 32.1. The van der Waals surface area contributed by atoms with E-state index in [1.54, 1.807) is 35.6 Å². The van der Waals surface area contributed by atoms with Crippen molar-refractivity contribution in [3.05, 3.63) is 47.8 Å². The van der Waals surface area contributed by atoms with Crippen molar-refractivity contribution in [3.63, 3.8) is 0 Å². The second-order valence-corrected chi connectivity index (χ2v) is 6.38. The van der Waals surface area contributed by atoms with Gasteiger partial charge in [-0.3, -0.25) is 19.6 Å². The van der Waals surface area contributed by atoms with Crippen LogP contribution < -0.4 is 15.0 Å². The quantitative estimate of drug-likeness (QED) is 0.754. The molecule has 7 nitrogen and oxygen atoms in total. The Morgan fingerprint density at radius 1 is 1.32 bits per heavy atom. The van der Waals surface area contributed by atoms with Crippen LogP contribution in [0.1, 0.15) is 0 Å². The second kappa shape index (κ2) is 6.40. The lowest BCUT2D eigenvalue weighted by Gasteiger charge is -2.28. The van der Waals surface area contributed by atoms with Crippen molar-refractivity contribution in [2.24, 2.45) is 0 Å². The van der Waals surface area contributed by atoms with Gasteiger partial charge < -0.3 is 10.1 Å². The largest absolute Gasteiger partial charge is 0.482 e. The number of hydrogen-bond donors (Lipinski definition) is 2. The summed E-state index contributed by atoms with van der Waals surface area (Å²) in [6, 6.07) is 12.8. The van der Waals surface area contributed by atoms with Crippen LogP contribution in [0.25, 0.3) is 10.6 Å². The fourth-order valence-electron chi connectivity index (χ4n) is 2.60. The molecule has 0 radical (unpaired) electrons. The Bertz CT molecular complexity index is 920. The summed E-state index contributed by atoms with van der Waals surface area (Å²) >= 11 is 1.58. The van der Waals surface area contributed by atoms with E-state index in [1.807, 2.05) is 23.6 Å². The number of rotatable bonds is 4. The van der Waals surface area contributed by atoms with E-state index in [0.717, 1.165) is 10.6 Å². The summed E-state index contributed by atoms with van der Waals surface area (Å²) in [6.07, 6.45) is 0. The third kappa shape index (κ3) is 3.11. The molecule has 3 aromatic rings. The Balaban J connectivity index is 1.47. The topological polar surface area (TPSA) is 87.3 Å². The smallest absolute Gasteiger partial charge is 0.265 e. The Morgan fingerprint density at radius 3 is 3.04 bits per heavy atom. The predicted molar refractivity (Wildman–Crippen MR) is 94.8 cm³/mol. The van der Waals surface area contributed by atoms with Crippen LogP contribution in [0.4, 0.5) is 11.5 Å². The summed E-state index contributed by atoms with van der Waals surface area (Å²) in [5.74, 6) is 0.432. The minimum Gasteiger partial charge on any atom is -0.482 e. The Kier molecular flexibility index (Phi) is 3.95. The molecular formula is C17H14N4O3S. The molecule has 2 N–H and O–H groups in total. The van der Waals surface area contributed by atoms with Crippen LogP contribution in [-0.2, 0) is 9.59 Å². The average molecular weight is 354 g/mol. The van der Waals surface area contributed by atoms with Gasteiger partial charge in [-0.1, -0.05) is 18.2 Å². The molecule has 0 atom stereocenters. The molecule has 25 heavy (non-hydrogen) atoms. The zero-order valence-corrected chi connectivity index (χ0v) is 13.9. The molecule has 0 fully saturated rings. The van der Waals surface area contributed by atoms with Crippen molar-refractivity contribution in [1.82, 2.24) is 10.2 Å². The molecule has 3 heterocycles. The van der Waals surface area contributed by atoms with Crippen LogP contribution in [0, 0.1) is 0 Å². The molecular weight excluding hydrogens is 340 g/mol. The standard InChI is InChI=1S/C17H14N4O3S/c22-16(18-15-8-11(19-20-15)14-6-3-7-25-14)9-21-12-4-1-2-5-13(12)24-10-17(21)23/h1-8H,9-10H2,(H2,18,19,20,22). The maximum atomic E-state index is 12.3. The minimum atomic E-state index is -0.325. The molecule has 4 rings (SSSR count). The van der Waals surface area contributed by atoms with E-state index in [1.165, 1.54) is 4.90 Å². The zero-order chi connectivity index (χ0) is 17.2. The van der Waals surface area contributed by atoms with Gasteiger partial charge >= 0.3 is 0 Å². The molecule has 1 aliphatic rings. The molecule has 0 saturated carbocycles. The first-order chi connectivity index (χ1) is 12.2. The monoisotopic (exact) mass is 354 g/mol. The fraction of sp³-hybridized carbons (Fsp3) is 0.118. The van der Waals surface area contributed by atoms with E-state index in [2.05, 4.69) is 15.5 Å². The Hall–Kier alpha value is -3.13. The number of nitrogens with zero attached hydrogens (tertiary/aromatic N) is 2. The van der Waals surface area contributed by atoms with Gasteiger partial charge in [0.15, 0.2) is 12.4 Å². The molecule has 0 bridgehead atoms. The van der Waals surface area contributed by atoms with E-state index < -0.39 is 0 Å². The number of hydrogen-bond acceptors (Lipinski definition) is 5. The highest BCUT2D eigenvalue weighted by Gasteiger charge is 2.27. The number of nitrogens with one attached hydrogen (secondary N) is 2. The number of benzene rings is 1. The lowest BCUT2D eigenvalue weighted by Crippen LogP contribution is -2.43. The van der Waals surface area contributed by atoms with Crippen LogP contribution in [0.5, 0.6) is 5.75 Å². The summed E-state index contributed by atoms with van der Waals surface area (Å²) in [5.41, 5.74) is 1.42. The molecule has 1 aromatic carbocycles. The number of carbonyl (C=O) groups excluding carboxylic acids is 2. The first-order valence-corrected chi connectivity index (χ1v) is 8.50. The highest BCUT2D eigenvalue weighted by molar-refractivity contribution is 7.13. The van der Waals surface area contributed by atoms with E-state index in [9.17, 15) is 9.59 Å². The number of carbonyl (C=O) groups is 2. The van der Waals surface area contributed by atoms with E-state index in [-0.39, 0.29) is 25.0 Å². The molecule has 0 spiro atoms. The lowest BCUT2D eigenvalue weighted by molar-refractivity contribution is -0.123. The lowest BCUT2D eigenvalue weighted by atomic mass is 10.2. The van der Waals surface area contributed by atoms with Crippen LogP contribution in [0.15, 0.2) is 47.8 Å². The molecule has 1 aliphatic heterocycles. The number of ether oxygens (including phenoxy) is 1. The first kappa shape index (κ1) is 15.4. The molecule has 126 valence electrons. The number of anilines is 2. The summed E-state index contributed by atoms with van der Waals surface area (Å²) < 4.78 is 5.37. The summed E-state index contributed by atoms with van der Waals surface area (Å²) in [6.45, 7) is -0.171. The SMILES string of the molecule is O=C(CN1C(=O)COc2ccccc21)Nc1cc(-c2cccs2)[nH]n1. The fourth-order valence-corrected chi connectivity index (χ4v) is 3.29. The van der Waals surface area contributed by atoms with Crippen LogP contribution in [0.3, 0.4) is 0 Å². The molecule has 2 aromatic heterocycles. The van der Waals surface area contributed by atoms with E-state index in [0.29, 0.717) is 17.3 Å². The van der Waals surface area contributed by atoms with Crippen LogP contribution in [0.2, 0.25) is 0 Å². The highest BCUT2D eigenvalue weighted by Crippen LogP contribution is 2.31. The average Bonchev–Trinajstić information content (AvgIpc) is 3.29. The van der Waals surface area contributed by atoms with Gasteiger partial charge in [0.05, 0.1) is 16.3 Å². The van der Waals surface area contributed by atoms with Gasteiger partial charge in [0.2, 0.25) is 5.91 Å². The van der Waals surface area contributed by atoms with Crippen molar-refractivity contribution in [1.29, 1.82) is 0 Å².